The van der Waals surface area contributed by atoms with Crippen molar-refractivity contribution in [1.29, 1.82) is 0 Å². The van der Waals surface area contributed by atoms with Crippen molar-refractivity contribution in [3.63, 3.8) is 0 Å². The van der Waals surface area contributed by atoms with Gasteiger partial charge in [-0.1, -0.05) is 64.3 Å². The van der Waals surface area contributed by atoms with Crippen molar-refractivity contribution < 1.29 is 4.79 Å². The molecule has 1 aromatic rings. The number of hydrogen-bond donors (Lipinski definition) is 1. The molecule has 162 valence electrons. The van der Waals surface area contributed by atoms with E-state index in [9.17, 15) is 4.79 Å². The maximum absolute atomic E-state index is 12.6. The van der Waals surface area contributed by atoms with Crippen LogP contribution in [-0.4, -0.2) is 36.5 Å². The van der Waals surface area contributed by atoms with Gasteiger partial charge in [-0.2, -0.15) is 0 Å². The van der Waals surface area contributed by atoms with Crippen LogP contribution in [-0.2, 0) is 4.79 Å². The summed E-state index contributed by atoms with van der Waals surface area (Å²) < 4.78 is 0. The van der Waals surface area contributed by atoms with Crippen molar-refractivity contribution in [1.82, 2.24) is 10.2 Å². The summed E-state index contributed by atoms with van der Waals surface area (Å²) >= 11 is 6.08. The molecule has 1 aromatic carbocycles. The third kappa shape index (κ3) is 6.21. The first-order valence-corrected chi connectivity index (χ1v) is 11.9. The van der Waals surface area contributed by atoms with Gasteiger partial charge in [-0.25, -0.2) is 0 Å². The molecule has 2 aliphatic rings. The summed E-state index contributed by atoms with van der Waals surface area (Å²) in [4.78, 5) is 15.2. The normalized spacial score (nSPS) is 24.0. The Labute approximate surface area is 182 Å². The van der Waals surface area contributed by atoms with Gasteiger partial charge < -0.3 is 10.2 Å². The van der Waals surface area contributed by atoms with Gasteiger partial charge in [-0.15, -0.1) is 0 Å². The van der Waals surface area contributed by atoms with Gasteiger partial charge in [0.1, 0.15) is 0 Å². The number of nitrogens with zero attached hydrogens (tertiary/aromatic N) is 1. The Morgan fingerprint density at radius 2 is 1.83 bits per heavy atom. The second kappa shape index (κ2) is 9.83. The molecule has 1 saturated carbocycles. The van der Waals surface area contributed by atoms with Crippen LogP contribution in [0.25, 0.3) is 0 Å². The number of halogens is 1. The third-order valence-electron chi connectivity index (χ3n) is 7.14. The minimum Gasteiger partial charge on any atom is -0.352 e. The van der Waals surface area contributed by atoms with Crippen molar-refractivity contribution in [2.45, 2.75) is 78.2 Å². The van der Waals surface area contributed by atoms with Crippen molar-refractivity contribution in [3.8, 4) is 0 Å². The fourth-order valence-electron chi connectivity index (χ4n) is 5.38. The van der Waals surface area contributed by atoms with Crippen LogP contribution >= 0.6 is 11.6 Å². The predicted molar refractivity (Wildman–Crippen MR) is 122 cm³/mol. The molecule has 0 radical (unpaired) electrons. The van der Waals surface area contributed by atoms with Crippen LogP contribution in [0.4, 0.5) is 0 Å². The number of hydrogen-bond acceptors (Lipinski definition) is 2. The summed E-state index contributed by atoms with van der Waals surface area (Å²) in [5.41, 5.74) is 1.59. The summed E-state index contributed by atoms with van der Waals surface area (Å²) in [6, 6.07) is 8.61. The lowest BCUT2D eigenvalue weighted by molar-refractivity contribution is -0.123. The second-order valence-electron chi connectivity index (χ2n) is 10.4. The van der Waals surface area contributed by atoms with Gasteiger partial charge in [0.05, 0.1) is 0 Å². The molecule has 29 heavy (non-hydrogen) atoms. The average Bonchev–Trinajstić information content (AvgIpc) is 3.14. The zero-order valence-electron chi connectivity index (χ0n) is 18.7. The first kappa shape index (κ1) is 22.6. The van der Waals surface area contributed by atoms with Gasteiger partial charge in [0.15, 0.2) is 0 Å². The lowest BCUT2D eigenvalue weighted by Gasteiger charge is -2.46. The number of likely N-dealkylation sites (tertiary alicyclic amines) is 1. The number of piperidine rings is 1. The van der Waals surface area contributed by atoms with E-state index in [-0.39, 0.29) is 17.4 Å². The monoisotopic (exact) mass is 418 g/mol. The number of amides is 1. The summed E-state index contributed by atoms with van der Waals surface area (Å²) in [5, 5.41) is 4.17. The Bertz CT molecular complexity index is 664. The van der Waals surface area contributed by atoms with Crippen molar-refractivity contribution in [3.05, 3.63) is 34.9 Å². The number of carbonyl (C=O) groups is 1. The molecule has 1 aliphatic heterocycles. The maximum atomic E-state index is 12.6. The molecule has 3 rings (SSSR count). The largest absolute Gasteiger partial charge is 0.352 e. The SMILES string of the molecule is CC(C)[C@H](CN1CC[C@H](c2ccc(Cl)cc2)C(C)(C)C1)NC(=O)CC1CCCC1. The van der Waals surface area contributed by atoms with Crippen LogP contribution in [0.5, 0.6) is 0 Å². The van der Waals surface area contributed by atoms with Crippen molar-refractivity contribution in [2.75, 3.05) is 19.6 Å². The Morgan fingerprint density at radius 3 is 2.41 bits per heavy atom. The Balaban J connectivity index is 1.57. The maximum Gasteiger partial charge on any atom is 0.220 e. The smallest absolute Gasteiger partial charge is 0.220 e. The topological polar surface area (TPSA) is 32.3 Å². The number of carbonyl (C=O) groups excluding carboxylic acids is 1. The highest BCUT2D eigenvalue weighted by Gasteiger charge is 2.37. The molecular formula is C25H39ClN2O. The predicted octanol–water partition coefficient (Wildman–Crippen LogP) is 5.88. The van der Waals surface area contributed by atoms with Gasteiger partial charge in [-0.05, 0) is 66.7 Å². The van der Waals surface area contributed by atoms with E-state index in [0.29, 0.717) is 24.2 Å². The van der Waals surface area contributed by atoms with E-state index in [4.69, 9.17) is 11.6 Å². The van der Waals surface area contributed by atoms with Crippen LogP contribution in [0.2, 0.25) is 5.02 Å². The quantitative estimate of drug-likeness (QED) is 0.599. The first-order chi connectivity index (χ1) is 13.7. The minimum absolute atomic E-state index is 0.196. The fraction of sp³-hybridized carbons (Fsp3) is 0.720. The van der Waals surface area contributed by atoms with Gasteiger partial charge in [0, 0.05) is 30.6 Å². The van der Waals surface area contributed by atoms with E-state index in [2.05, 4.69) is 50.0 Å². The molecular weight excluding hydrogens is 380 g/mol. The fourth-order valence-corrected chi connectivity index (χ4v) is 5.51. The molecule has 1 N–H and O–H groups in total. The molecule has 4 heteroatoms. The summed E-state index contributed by atoms with van der Waals surface area (Å²) in [7, 11) is 0. The zero-order valence-corrected chi connectivity index (χ0v) is 19.5. The van der Waals surface area contributed by atoms with E-state index >= 15 is 0 Å². The van der Waals surface area contributed by atoms with Crippen LogP contribution in [0.15, 0.2) is 24.3 Å². The molecule has 3 nitrogen and oxygen atoms in total. The van der Waals surface area contributed by atoms with Crippen LogP contribution in [0.1, 0.15) is 77.7 Å². The highest BCUT2D eigenvalue weighted by molar-refractivity contribution is 6.30. The van der Waals surface area contributed by atoms with Crippen LogP contribution in [0, 0.1) is 17.3 Å². The van der Waals surface area contributed by atoms with E-state index in [0.717, 1.165) is 31.1 Å². The average molecular weight is 419 g/mol. The molecule has 2 fully saturated rings. The van der Waals surface area contributed by atoms with Crippen LogP contribution < -0.4 is 5.32 Å². The molecule has 1 heterocycles. The Kier molecular flexibility index (Phi) is 7.67. The third-order valence-corrected chi connectivity index (χ3v) is 7.39. The molecule has 2 atom stereocenters. The van der Waals surface area contributed by atoms with Gasteiger partial charge in [0.2, 0.25) is 5.91 Å². The van der Waals surface area contributed by atoms with E-state index in [1.165, 1.54) is 31.2 Å². The number of nitrogens with one attached hydrogen (secondary N) is 1. The first-order valence-electron chi connectivity index (χ1n) is 11.5. The Morgan fingerprint density at radius 1 is 1.17 bits per heavy atom. The lowest BCUT2D eigenvalue weighted by Crippen LogP contribution is -2.52. The second-order valence-corrected chi connectivity index (χ2v) is 10.8. The highest BCUT2D eigenvalue weighted by Crippen LogP contribution is 2.42. The van der Waals surface area contributed by atoms with Crippen LogP contribution in [0.3, 0.4) is 0 Å². The van der Waals surface area contributed by atoms with Gasteiger partial charge in [0.25, 0.3) is 0 Å². The van der Waals surface area contributed by atoms with Gasteiger partial charge >= 0.3 is 0 Å². The van der Waals surface area contributed by atoms with E-state index in [1.807, 2.05) is 12.1 Å². The molecule has 0 spiro atoms. The Hall–Kier alpha value is -1.06. The summed E-state index contributed by atoms with van der Waals surface area (Å²) in [6.45, 7) is 12.3. The lowest BCUT2D eigenvalue weighted by atomic mass is 9.70. The molecule has 1 saturated heterocycles. The molecule has 0 bridgehead atoms. The number of rotatable bonds is 7. The summed E-state index contributed by atoms with van der Waals surface area (Å²) in [6.07, 6.45) is 6.91. The molecule has 0 unspecified atom stereocenters. The summed E-state index contributed by atoms with van der Waals surface area (Å²) in [5.74, 6) is 1.85. The zero-order chi connectivity index (χ0) is 21.0. The molecule has 1 amide bonds. The molecule has 0 aromatic heterocycles. The molecule has 1 aliphatic carbocycles. The van der Waals surface area contributed by atoms with Crippen molar-refractivity contribution >= 4 is 17.5 Å². The van der Waals surface area contributed by atoms with Crippen molar-refractivity contribution in [2.24, 2.45) is 17.3 Å². The standard InChI is InChI=1S/C25H39ClN2O/c1-18(2)23(27-24(29)15-19-7-5-6-8-19)16-28-14-13-22(25(3,4)17-28)20-9-11-21(26)12-10-20/h9-12,18-19,22-23H,5-8,13-17H2,1-4H3,(H,27,29)/t22-,23+/m1/s1. The minimum atomic E-state index is 0.196. The van der Waals surface area contributed by atoms with Gasteiger partial charge in [-0.3, -0.25) is 4.79 Å². The van der Waals surface area contributed by atoms with E-state index < -0.39 is 0 Å². The number of benzene rings is 1. The van der Waals surface area contributed by atoms with E-state index in [1.54, 1.807) is 0 Å². The highest BCUT2D eigenvalue weighted by atomic mass is 35.5.